The largest absolute Gasteiger partial charge is 0.497 e. The monoisotopic (exact) mass is 276 g/mol. The molecule has 0 spiro atoms. The molecule has 0 aliphatic carbocycles. The third-order valence-corrected chi connectivity index (χ3v) is 2.79. The molecule has 0 radical (unpaired) electrons. The van der Waals surface area contributed by atoms with Crippen LogP contribution in [0.2, 0.25) is 0 Å². The lowest BCUT2D eigenvalue weighted by Gasteiger charge is -2.03. The van der Waals surface area contributed by atoms with E-state index in [9.17, 15) is 0 Å². The fourth-order valence-corrected chi connectivity index (χ4v) is 1.84. The Morgan fingerprint density at radius 3 is 2.53 bits per heavy atom. The van der Waals surface area contributed by atoms with E-state index in [0.717, 1.165) is 28.2 Å². The van der Waals surface area contributed by atoms with E-state index in [0.29, 0.717) is 0 Å². The number of hydrogen-bond acceptors (Lipinski definition) is 4. The van der Waals surface area contributed by atoms with E-state index >= 15 is 0 Å². The zero-order valence-electron chi connectivity index (χ0n) is 10.3. The lowest BCUT2D eigenvalue weighted by atomic mass is 10.2. The summed E-state index contributed by atoms with van der Waals surface area (Å²) in [5.41, 5.74) is 9.05. The number of hydrogen-bond donors (Lipinski definition) is 1. The van der Waals surface area contributed by atoms with Crippen molar-refractivity contribution in [3.63, 3.8) is 0 Å². The minimum atomic E-state index is 0. The highest BCUT2D eigenvalue weighted by Crippen LogP contribution is 2.21. The SMILES string of the molecule is COc1ccc2c(c1)nnn2-c1ccc(N)cc1.Cl. The number of benzene rings is 2. The molecular formula is C13H13ClN4O. The Kier molecular flexibility index (Phi) is 3.57. The minimum absolute atomic E-state index is 0. The molecule has 0 atom stereocenters. The molecule has 0 saturated carbocycles. The van der Waals surface area contributed by atoms with Crippen molar-refractivity contribution in [1.82, 2.24) is 15.0 Å². The lowest BCUT2D eigenvalue weighted by Crippen LogP contribution is -1.96. The molecule has 0 unspecified atom stereocenters. The summed E-state index contributed by atoms with van der Waals surface area (Å²) >= 11 is 0. The van der Waals surface area contributed by atoms with Crippen molar-refractivity contribution in [1.29, 1.82) is 0 Å². The second kappa shape index (κ2) is 5.16. The van der Waals surface area contributed by atoms with E-state index in [1.165, 1.54) is 0 Å². The molecule has 3 rings (SSSR count). The van der Waals surface area contributed by atoms with Crippen LogP contribution in [-0.4, -0.2) is 22.1 Å². The Labute approximate surface area is 116 Å². The number of nitrogens with zero attached hydrogens (tertiary/aromatic N) is 3. The van der Waals surface area contributed by atoms with Crippen molar-refractivity contribution in [3.05, 3.63) is 42.5 Å². The molecule has 2 N–H and O–H groups in total. The summed E-state index contributed by atoms with van der Waals surface area (Å²) < 4.78 is 6.93. The van der Waals surface area contributed by atoms with Crippen LogP contribution in [-0.2, 0) is 0 Å². The van der Waals surface area contributed by atoms with Crippen molar-refractivity contribution < 1.29 is 4.74 Å². The van der Waals surface area contributed by atoms with Gasteiger partial charge in [-0.3, -0.25) is 0 Å². The van der Waals surface area contributed by atoms with Gasteiger partial charge in [0.15, 0.2) is 0 Å². The van der Waals surface area contributed by atoms with Crippen LogP contribution in [0.25, 0.3) is 16.7 Å². The zero-order chi connectivity index (χ0) is 12.5. The lowest BCUT2D eigenvalue weighted by molar-refractivity contribution is 0.415. The van der Waals surface area contributed by atoms with Gasteiger partial charge in [-0.15, -0.1) is 17.5 Å². The van der Waals surface area contributed by atoms with Crippen molar-refractivity contribution in [2.75, 3.05) is 12.8 Å². The van der Waals surface area contributed by atoms with Crippen LogP contribution in [0.4, 0.5) is 5.69 Å². The number of ether oxygens (including phenoxy) is 1. The van der Waals surface area contributed by atoms with E-state index in [1.54, 1.807) is 11.8 Å². The number of rotatable bonds is 2. The van der Waals surface area contributed by atoms with Gasteiger partial charge in [0.05, 0.1) is 18.3 Å². The van der Waals surface area contributed by atoms with E-state index in [-0.39, 0.29) is 12.4 Å². The molecule has 0 bridgehead atoms. The number of methoxy groups -OCH3 is 1. The fraction of sp³-hybridized carbons (Fsp3) is 0.0769. The first-order chi connectivity index (χ1) is 8.78. The molecule has 0 amide bonds. The van der Waals surface area contributed by atoms with Crippen LogP contribution < -0.4 is 10.5 Å². The van der Waals surface area contributed by atoms with Crippen LogP contribution in [0.5, 0.6) is 5.75 Å². The first-order valence-electron chi connectivity index (χ1n) is 5.53. The second-order valence-electron chi connectivity index (χ2n) is 3.95. The molecular weight excluding hydrogens is 264 g/mol. The number of nitrogen functional groups attached to an aromatic ring is 1. The first kappa shape index (κ1) is 13.2. The molecule has 98 valence electrons. The summed E-state index contributed by atoms with van der Waals surface area (Å²) in [4.78, 5) is 0. The topological polar surface area (TPSA) is 66.0 Å². The van der Waals surface area contributed by atoms with Gasteiger partial charge in [-0.1, -0.05) is 5.21 Å². The van der Waals surface area contributed by atoms with Gasteiger partial charge in [0.25, 0.3) is 0 Å². The first-order valence-corrected chi connectivity index (χ1v) is 5.53. The van der Waals surface area contributed by atoms with Crippen LogP contribution in [0.15, 0.2) is 42.5 Å². The van der Waals surface area contributed by atoms with Crippen LogP contribution in [0, 0.1) is 0 Å². The summed E-state index contributed by atoms with van der Waals surface area (Å²) in [6.07, 6.45) is 0. The molecule has 1 aromatic heterocycles. The van der Waals surface area contributed by atoms with E-state index < -0.39 is 0 Å². The van der Waals surface area contributed by atoms with Gasteiger partial charge in [0.2, 0.25) is 0 Å². The summed E-state index contributed by atoms with van der Waals surface area (Å²) in [6, 6.07) is 13.2. The molecule has 0 aliphatic rings. The van der Waals surface area contributed by atoms with Crippen LogP contribution >= 0.6 is 12.4 Å². The van der Waals surface area contributed by atoms with Gasteiger partial charge in [-0.05, 0) is 36.4 Å². The van der Waals surface area contributed by atoms with Gasteiger partial charge in [-0.25, -0.2) is 4.68 Å². The third kappa shape index (κ3) is 2.32. The van der Waals surface area contributed by atoms with Crippen molar-refractivity contribution in [2.24, 2.45) is 0 Å². The predicted octanol–water partition coefficient (Wildman–Crippen LogP) is 2.43. The standard InChI is InChI=1S/C13H12N4O.ClH/c1-18-11-6-7-13-12(8-11)15-16-17(13)10-4-2-9(14)3-5-10;/h2-8H,14H2,1H3;1H. The molecule has 1 heterocycles. The fourth-order valence-electron chi connectivity index (χ4n) is 1.84. The summed E-state index contributed by atoms with van der Waals surface area (Å²) in [5.74, 6) is 0.770. The molecule has 6 heteroatoms. The van der Waals surface area contributed by atoms with Crippen molar-refractivity contribution >= 4 is 29.1 Å². The van der Waals surface area contributed by atoms with Crippen molar-refractivity contribution in [3.8, 4) is 11.4 Å². The maximum atomic E-state index is 5.67. The average molecular weight is 277 g/mol. The normalized spacial score (nSPS) is 10.2. The molecule has 2 aromatic carbocycles. The number of anilines is 1. The molecule has 5 nitrogen and oxygen atoms in total. The summed E-state index contributed by atoms with van der Waals surface area (Å²) in [7, 11) is 1.63. The highest BCUT2D eigenvalue weighted by Gasteiger charge is 2.07. The smallest absolute Gasteiger partial charge is 0.121 e. The van der Waals surface area contributed by atoms with Crippen LogP contribution in [0.3, 0.4) is 0 Å². The van der Waals surface area contributed by atoms with E-state index in [2.05, 4.69) is 10.3 Å². The Bertz CT molecular complexity index is 693. The summed E-state index contributed by atoms with van der Waals surface area (Å²) in [6.45, 7) is 0. The molecule has 0 saturated heterocycles. The van der Waals surface area contributed by atoms with Gasteiger partial charge in [0, 0.05) is 11.8 Å². The van der Waals surface area contributed by atoms with E-state index in [4.69, 9.17) is 10.5 Å². The van der Waals surface area contributed by atoms with Gasteiger partial charge >= 0.3 is 0 Å². The Balaban J connectivity index is 0.00000133. The minimum Gasteiger partial charge on any atom is -0.497 e. The molecule has 0 aliphatic heterocycles. The van der Waals surface area contributed by atoms with Gasteiger partial charge in [0.1, 0.15) is 11.3 Å². The van der Waals surface area contributed by atoms with Gasteiger partial charge < -0.3 is 10.5 Å². The quantitative estimate of drug-likeness (QED) is 0.730. The third-order valence-electron chi connectivity index (χ3n) is 2.79. The molecule has 0 fully saturated rings. The second-order valence-corrected chi connectivity index (χ2v) is 3.95. The van der Waals surface area contributed by atoms with Crippen LogP contribution in [0.1, 0.15) is 0 Å². The number of fused-ring (bicyclic) bond motifs is 1. The van der Waals surface area contributed by atoms with E-state index in [1.807, 2.05) is 42.5 Å². The predicted molar refractivity (Wildman–Crippen MR) is 77.1 cm³/mol. The Hall–Kier alpha value is -2.27. The van der Waals surface area contributed by atoms with Gasteiger partial charge in [-0.2, -0.15) is 0 Å². The van der Waals surface area contributed by atoms with Crippen molar-refractivity contribution in [2.45, 2.75) is 0 Å². The zero-order valence-corrected chi connectivity index (χ0v) is 11.1. The molecule has 3 aromatic rings. The number of halogens is 1. The maximum absolute atomic E-state index is 5.67. The molecule has 19 heavy (non-hydrogen) atoms. The Morgan fingerprint density at radius 2 is 1.84 bits per heavy atom. The average Bonchev–Trinajstić information content (AvgIpc) is 2.82. The number of aromatic nitrogens is 3. The summed E-state index contributed by atoms with van der Waals surface area (Å²) in [5, 5.41) is 8.27. The highest BCUT2D eigenvalue weighted by molar-refractivity contribution is 5.85. The highest BCUT2D eigenvalue weighted by atomic mass is 35.5. The Morgan fingerprint density at radius 1 is 1.11 bits per heavy atom. The number of nitrogens with two attached hydrogens (primary N) is 1. The maximum Gasteiger partial charge on any atom is 0.121 e.